The molecule has 40 heavy (non-hydrogen) atoms. The van der Waals surface area contributed by atoms with Crippen molar-refractivity contribution in [2.45, 2.75) is 92.9 Å². The fourth-order valence-electron chi connectivity index (χ4n) is 10.7. The number of aliphatic hydroxyl groups excluding tert-OH is 1. The minimum absolute atomic E-state index is 0.143. The van der Waals surface area contributed by atoms with Crippen molar-refractivity contribution in [1.29, 1.82) is 0 Å². The first kappa shape index (κ1) is 25.4. The van der Waals surface area contributed by atoms with Crippen molar-refractivity contribution in [2.24, 2.45) is 11.8 Å². The van der Waals surface area contributed by atoms with E-state index in [0.717, 1.165) is 42.8 Å². The quantitative estimate of drug-likeness (QED) is 0.503. The van der Waals surface area contributed by atoms with E-state index in [0.29, 0.717) is 17.4 Å². The van der Waals surface area contributed by atoms with E-state index in [4.69, 9.17) is 9.47 Å². The number of piperidine rings is 2. The zero-order valence-corrected chi connectivity index (χ0v) is 24.3. The molecule has 4 bridgehead atoms. The molecule has 3 heterocycles. The van der Waals surface area contributed by atoms with E-state index in [2.05, 4.69) is 60.6 Å². The Hall–Kier alpha value is -2.34. The van der Waals surface area contributed by atoms with Crippen molar-refractivity contribution in [3.63, 3.8) is 0 Å². The second-order valence-electron chi connectivity index (χ2n) is 13.8. The van der Waals surface area contributed by atoms with Gasteiger partial charge in [0.2, 0.25) is 0 Å². The molecule has 2 aromatic carbocycles. The number of benzene rings is 2. The van der Waals surface area contributed by atoms with Gasteiger partial charge in [0, 0.05) is 29.0 Å². The Morgan fingerprint density at radius 2 is 1.90 bits per heavy atom. The number of methoxy groups -OCH3 is 1. The third-order valence-electron chi connectivity index (χ3n) is 12.5. The average Bonchev–Trinajstić information content (AvgIpc) is 3.26. The molecule has 0 radical (unpaired) electrons. The molecule has 212 valence electrons. The first-order chi connectivity index (χ1) is 19.4. The summed E-state index contributed by atoms with van der Waals surface area (Å²) in [6.07, 6.45) is 14.1. The Balaban J connectivity index is 0.000000128. The van der Waals surface area contributed by atoms with Gasteiger partial charge in [-0.15, -0.1) is 0 Å². The van der Waals surface area contributed by atoms with E-state index in [1.54, 1.807) is 18.2 Å². The van der Waals surface area contributed by atoms with Gasteiger partial charge in [-0.3, -0.25) is 0 Å². The molecule has 0 amide bonds. The van der Waals surface area contributed by atoms with Crippen LogP contribution >= 0.6 is 0 Å². The molecule has 2 saturated heterocycles. The maximum Gasteiger partial charge on any atom is 0.166 e. The number of likely N-dealkylation sites (tertiary alicyclic amines) is 1. The van der Waals surface area contributed by atoms with Crippen LogP contribution in [0.3, 0.4) is 0 Å². The molecule has 1 saturated carbocycles. The number of aliphatic hydroxyl groups is 1. The second-order valence-corrected chi connectivity index (χ2v) is 13.8. The van der Waals surface area contributed by atoms with Crippen molar-refractivity contribution in [1.82, 2.24) is 10.2 Å². The van der Waals surface area contributed by atoms with Gasteiger partial charge >= 0.3 is 0 Å². The maximum absolute atomic E-state index is 10.8. The lowest BCUT2D eigenvalue weighted by Crippen LogP contribution is -2.70. The van der Waals surface area contributed by atoms with Crippen LogP contribution < -0.4 is 14.8 Å². The highest BCUT2D eigenvalue weighted by atomic mass is 16.5. The number of rotatable bonds is 1. The Kier molecular flexibility index (Phi) is 5.60. The van der Waals surface area contributed by atoms with E-state index in [-0.39, 0.29) is 5.41 Å². The lowest BCUT2D eigenvalue weighted by molar-refractivity contribution is -0.110. The molecule has 9 rings (SSSR count). The van der Waals surface area contributed by atoms with E-state index < -0.39 is 11.7 Å². The van der Waals surface area contributed by atoms with Crippen LogP contribution in [-0.2, 0) is 23.7 Å². The molecule has 3 fully saturated rings. The number of fused-ring (bicyclic) bond motifs is 1. The highest BCUT2D eigenvalue weighted by Gasteiger charge is 2.70. The molecule has 2 N–H and O–H groups in total. The molecular formula is C35H44N2O3. The Morgan fingerprint density at radius 1 is 1.02 bits per heavy atom. The summed E-state index contributed by atoms with van der Waals surface area (Å²) in [7, 11) is 3.91. The molecule has 8 atom stereocenters. The third-order valence-corrected chi connectivity index (χ3v) is 12.5. The number of likely N-dealkylation sites (N-methyl/N-ethyl adjacent to an activating group) is 1. The number of hydrogen-bond acceptors (Lipinski definition) is 5. The minimum Gasteiger partial charge on any atom is -0.493 e. The lowest BCUT2D eigenvalue weighted by Gasteiger charge is -2.60. The van der Waals surface area contributed by atoms with Crippen molar-refractivity contribution in [3.05, 3.63) is 70.8 Å². The summed E-state index contributed by atoms with van der Waals surface area (Å²) in [6.45, 7) is 4.36. The Morgan fingerprint density at radius 3 is 2.77 bits per heavy atom. The fourth-order valence-corrected chi connectivity index (χ4v) is 10.7. The largest absolute Gasteiger partial charge is 0.493 e. The predicted octanol–water partition coefficient (Wildman–Crippen LogP) is 4.92. The zero-order chi connectivity index (χ0) is 27.3. The van der Waals surface area contributed by atoms with Crippen molar-refractivity contribution in [3.8, 4) is 11.5 Å². The first-order valence-corrected chi connectivity index (χ1v) is 15.7. The normalized spacial score (nSPS) is 41.5. The maximum atomic E-state index is 10.8. The summed E-state index contributed by atoms with van der Waals surface area (Å²) in [5.41, 5.74) is 5.79. The fraction of sp³-hybridized carbons (Fsp3) is 0.600. The molecule has 2 aromatic rings. The molecule has 1 spiro atoms. The van der Waals surface area contributed by atoms with E-state index in [1.807, 2.05) is 12.1 Å². The monoisotopic (exact) mass is 540 g/mol. The van der Waals surface area contributed by atoms with Crippen LogP contribution in [0.2, 0.25) is 0 Å². The minimum atomic E-state index is -0.613. The highest BCUT2D eigenvalue weighted by molar-refractivity contribution is 5.63. The summed E-state index contributed by atoms with van der Waals surface area (Å²) in [4.78, 5) is 2.48. The van der Waals surface area contributed by atoms with Gasteiger partial charge in [-0.2, -0.15) is 0 Å². The number of nitrogens with zero attached hydrogens (tertiary/aromatic N) is 1. The van der Waals surface area contributed by atoms with Crippen LogP contribution in [0.1, 0.15) is 67.7 Å². The lowest BCUT2D eigenvalue weighted by atomic mass is 9.49. The van der Waals surface area contributed by atoms with E-state index >= 15 is 0 Å². The van der Waals surface area contributed by atoms with Gasteiger partial charge in [0.15, 0.2) is 11.5 Å². The van der Waals surface area contributed by atoms with Crippen LogP contribution in [0.15, 0.2) is 48.6 Å². The van der Waals surface area contributed by atoms with Crippen LogP contribution in [0, 0.1) is 11.8 Å². The van der Waals surface area contributed by atoms with Crippen molar-refractivity contribution in [2.75, 3.05) is 27.2 Å². The first-order valence-electron chi connectivity index (χ1n) is 15.7. The van der Waals surface area contributed by atoms with Gasteiger partial charge in [-0.05, 0) is 94.3 Å². The second kappa shape index (κ2) is 8.83. The van der Waals surface area contributed by atoms with Gasteiger partial charge in [0.25, 0.3) is 0 Å². The molecule has 5 nitrogen and oxygen atoms in total. The molecule has 3 aliphatic heterocycles. The van der Waals surface area contributed by atoms with E-state index in [9.17, 15) is 5.11 Å². The number of hydrogen-bond donors (Lipinski definition) is 2. The summed E-state index contributed by atoms with van der Waals surface area (Å²) >= 11 is 0. The van der Waals surface area contributed by atoms with Crippen molar-refractivity contribution < 1.29 is 14.6 Å². The van der Waals surface area contributed by atoms with Gasteiger partial charge in [-0.25, -0.2) is 0 Å². The standard InChI is InChI=1S/C19H23NO3.C16H21N/c1-18-15(21)7-5-12-13-10-11-4-6-14(22-3)17(23-18)16(11)19(12,18)8-9-20(13)2;1-2-6-13-12(5-1)11-15-14-7-3-4-8-16(13,14)9-10-17-15/h4-7,12-13,15,21H,8-10H2,1-3H3;1-2,5-6,14-15,17H,3-4,7-11H2/t12-,13+,15-,18-,19-;14-,15+,16-/m00/s1. The van der Waals surface area contributed by atoms with Crippen LogP contribution in [-0.4, -0.2) is 61.0 Å². The molecule has 7 aliphatic rings. The Bertz CT molecular complexity index is 1370. The molecular weight excluding hydrogens is 496 g/mol. The van der Waals surface area contributed by atoms with Crippen LogP contribution in [0.4, 0.5) is 0 Å². The van der Waals surface area contributed by atoms with E-state index in [1.165, 1.54) is 56.2 Å². The average molecular weight is 541 g/mol. The number of ether oxygens (including phenoxy) is 2. The summed E-state index contributed by atoms with van der Waals surface area (Å²) in [5.74, 6) is 2.95. The topological polar surface area (TPSA) is 54.0 Å². The van der Waals surface area contributed by atoms with Gasteiger partial charge in [-0.1, -0.05) is 55.3 Å². The molecule has 0 unspecified atom stereocenters. The zero-order valence-electron chi connectivity index (χ0n) is 24.3. The summed E-state index contributed by atoms with van der Waals surface area (Å²) in [5, 5.41) is 14.6. The molecule has 4 aliphatic carbocycles. The van der Waals surface area contributed by atoms with Gasteiger partial charge in [0.05, 0.1) is 12.5 Å². The smallest absolute Gasteiger partial charge is 0.166 e. The number of nitrogens with one attached hydrogen (secondary N) is 1. The molecule has 0 aromatic heterocycles. The molecule has 5 heteroatoms. The van der Waals surface area contributed by atoms with Crippen LogP contribution in [0.25, 0.3) is 0 Å². The predicted molar refractivity (Wildman–Crippen MR) is 157 cm³/mol. The van der Waals surface area contributed by atoms with Gasteiger partial charge in [0.1, 0.15) is 11.7 Å². The van der Waals surface area contributed by atoms with Crippen LogP contribution in [0.5, 0.6) is 11.5 Å². The summed E-state index contributed by atoms with van der Waals surface area (Å²) < 4.78 is 12.1. The van der Waals surface area contributed by atoms with Crippen molar-refractivity contribution >= 4 is 0 Å². The SMILES string of the molecule is COc1ccc2c3c1O[C@@]1(C)[C@@H](O)C=C[C@H]4[C@@H](C2)N(C)CC[C@@]341.c1ccc2c(c1)C[C@H]1NCC[C@@]23CCCC[C@@H]13. The third kappa shape index (κ3) is 3.09. The van der Waals surface area contributed by atoms with Gasteiger partial charge < -0.3 is 24.8 Å². The Labute approximate surface area is 238 Å². The summed E-state index contributed by atoms with van der Waals surface area (Å²) in [6, 6.07) is 14.7. The highest BCUT2D eigenvalue weighted by Crippen LogP contribution is 2.66.